The van der Waals surface area contributed by atoms with E-state index in [1.807, 2.05) is 40.8 Å². The van der Waals surface area contributed by atoms with E-state index in [0.717, 1.165) is 31.6 Å². The fourth-order valence-corrected chi connectivity index (χ4v) is 3.94. The van der Waals surface area contributed by atoms with Gasteiger partial charge in [-0.3, -0.25) is 14.5 Å². The molecule has 0 bridgehead atoms. The quantitative estimate of drug-likeness (QED) is 0.707. The Morgan fingerprint density at radius 1 is 0.929 bits per heavy atom. The van der Waals surface area contributed by atoms with Gasteiger partial charge in [0, 0.05) is 51.2 Å². The van der Waals surface area contributed by atoms with Gasteiger partial charge in [-0.2, -0.15) is 0 Å². The maximum absolute atomic E-state index is 13.2. The first kappa shape index (κ1) is 18.4. The molecular weight excluding hydrogens is 350 g/mol. The summed E-state index contributed by atoms with van der Waals surface area (Å²) < 4.78 is 1.84. The van der Waals surface area contributed by atoms with Crippen LogP contribution in [0.2, 0.25) is 0 Å². The van der Waals surface area contributed by atoms with Gasteiger partial charge in [-0.1, -0.05) is 42.5 Å². The maximum atomic E-state index is 13.2. The number of fused-ring (bicyclic) bond motifs is 1. The fourth-order valence-electron chi connectivity index (χ4n) is 3.94. The van der Waals surface area contributed by atoms with Crippen molar-refractivity contribution in [1.82, 2.24) is 14.4 Å². The lowest BCUT2D eigenvalue weighted by atomic mass is 10.1. The Morgan fingerprint density at radius 3 is 2.50 bits per heavy atom. The average molecular weight is 375 g/mol. The Morgan fingerprint density at radius 2 is 1.68 bits per heavy atom. The summed E-state index contributed by atoms with van der Waals surface area (Å²) in [7, 11) is 1.86. The highest BCUT2D eigenvalue weighted by atomic mass is 16.2. The molecule has 0 unspecified atom stereocenters. The van der Waals surface area contributed by atoms with Crippen molar-refractivity contribution in [1.29, 1.82) is 0 Å². The van der Waals surface area contributed by atoms with Crippen LogP contribution < -0.4 is 5.43 Å². The SMILES string of the molecule is Cn1c(C(=O)N2CCCN(Cc3ccccc3)CC2)cc(=O)c2ccccc21. The highest BCUT2D eigenvalue weighted by Gasteiger charge is 2.23. The van der Waals surface area contributed by atoms with Crippen LogP contribution in [0.3, 0.4) is 0 Å². The first-order chi connectivity index (χ1) is 13.6. The summed E-state index contributed by atoms with van der Waals surface area (Å²) in [4.78, 5) is 29.9. The molecule has 2 heterocycles. The lowest BCUT2D eigenvalue weighted by molar-refractivity contribution is 0.0751. The van der Waals surface area contributed by atoms with Gasteiger partial charge in [0.1, 0.15) is 5.69 Å². The third-order valence-corrected chi connectivity index (χ3v) is 5.50. The molecule has 4 rings (SSSR count). The second-order valence-corrected chi connectivity index (χ2v) is 7.38. The van der Waals surface area contributed by atoms with E-state index in [0.29, 0.717) is 24.2 Å². The van der Waals surface area contributed by atoms with Crippen LogP contribution in [0.4, 0.5) is 0 Å². The molecule has 5 heteroatoms. The Labute approximate surface area is 164 Å². The Balaban J connectivity index is 1.52. The Hall–Kier alpha value is -2.92. The number of aromatic nitrogens is 1. The van der Waals surface area contributed by atoms with Gasteiger partial charge in [-0.25, -0.2) is 0 Å². The van der Waals surface area contributed by atoms with Crippen molar-refractivity contribution in [3.05, 3.63) is 82.1 Å². The van der Waals surface area contributed by atoms with E-state index < -0.39 is 0 Å². The normalized spacial score (nSPS) is 15.5. The molecule has 0 saturated carbocycles. The standard InChI is InChI=1S/C23H25N3O2/c1-24-20-11-6-5-10-19(20)22(27)16-21(24)23(28)26-13-7-12-25(14-15-26)17-18-8-3-2-4-9-18/h2-6,8-11,16H,7,12-15,17H2,1H3. The molecule has 0 N–H and O–H groups in total. The first-order valence-electron chi connectivity index (χ1n) is 9.78. The smallest absolute Gasteiger partial charge is 0.270 e. The summed E-state index contributed by atoms with van der Waals surface area (Å²) in [6.07, 6.45) is 0.931. The van der Waals surface area contributed by atoms with Gasteiger partial charge in [-0.15, -0.1) is 0 Å². The minimum atomic E-state index is -0.0995. The summed E-state index contributed by atoms with van der Waals surface area (Å²) in [6.45, 7) is 4.09. The van der Waals surface area contributed by atoms with Crippen molar-refractivity contribution in [2.75, 3.05) is 26.2 Å². The van der Waals surface area contributed by atoms with E-state index in [1.165, 1.54) is 11.6 Å². The molecule has 1 aliphatic rings. The second kappa shape index (κ2) is 7.98. The molecule has 1 aliphatic heterocycles. The number of benzene rings is 2. The Kier molecular flexibility index (Phi) is 5.26. The highest BCUT2D eigenvalue weighted by molar-refractivity contribution is 5.95. The molecule has 0 atom stereocenters. The number of hydrogen-bond acceptors (Lipinski definition) is 3. The van der Waals surface area contributed by atoms with Gasteiger partial charge in [0.05, 0.1) is 5.52 Å². The molecule has 144 valence electrons. The van der Waals surface area contributed by atoms with E-state index in [2.05, 4.69) is 29.2 Å². The van der Waals surface area contributed by atoms with Crippen molar-refractivity contribution < 1.29 is 4.79 Å². The predicted octanol–water partition coefficient (Wildman–Crippen LogP) is 2.89. The molecular formula is C23H25N3O2. The first-order valence-corrected chi connectivity index (χ1v) is 9.78. The zero-order chi connectivity index (χ0) is 19.5. The average Bonchev–Trinajstić information content (AvgIpc) is 2.96. The minimum Gasteiger partial charge on any atom is -0.339 e. The third kappa shape index (κ3) is 3.71. The number of hydrogen-bond donors (Lipinski definition) is 0. The zero-order valence-corrected chi connectivity index (χ0v) is 16.2. The van der Waals surface area contributed by atoms with Gasteiger partial charge >= 0.3 is 0 Å². The number of para-hydroxylation sites is 1. The largest absolute Gasteiger partial charge is 0.339 e. The fraction of sp³-hybridized carbons (Fsp3) is 0.304. The summed E-state index contributed by atoms with van der Waals surface area (Å²) in [5.74, 6) is -0.0630. The van der Waals surface area contributed by atoms with E-state index >= 15 is 0 Å². The summed E-state index contributed by atoms with van der Waals surface area (Å²) >= 11 is 0. The number of carbonyl (C=O) groups excluding carboxylic acids is 1. The molecule has 3 aromatic rings. The van der Waals surface area contributed by atoms with Crippen molar-refractivity contribution in [3.63, 3.8) is 0 Å². The molecule has 2 aromatic carbocycles. The van der Waals surface area contributed by atoms with Gasteiger partial charge in [0.2, 0.25) is 0 Å². The topological polar surface area (TPSA) is 45.6 Å². The van der Waals surface area contributed by atoms with Crippen LogP contribution in [0.15, 0.2) is 65.5 Å². The number of amides is 1. The number of aryl methyl sites for hydroxylation is 1. The van der Waals surface area contributed by atoms with Crippen molar-refractivity contribution >= 4 is 16.8 Å². The van der Waals surface area contributed by atoms with Gasteiger partial charge in [0.25, 0.3) is 5.91 Å². The molecule has 0 radical (unpaired) electrons. The van der Waals surface area contributed by atoms with Crippen molar-refractivity contribution in [3.8, 4) is 0 Å². The van der Waals surface area contributed by atoms with Crippen LogP contribution >= 0.6 is 0 Å². The summed E-state index contributed by atoms with van der Waals surface area (Å²) in [6, 6.07) is 19.3. The molecule has 1 amide bonds. The van der Waals surface area contributed by atoms with E-state index in [9.17, 15) is 9.59 Å². The van der Waals surface area contributed by atoms with Crippen LogP contribution in [0.25, 0.3) is 10.9 Å². The monoisotopic (exact) mass is 375 g/mol. The third-order valence-electron chi connectivity index (χ3n) is 5.50. The molecule has 1 aromatic heterocycles. The number of carbonyl (C=O) groups is 1. The maximum Gasteiger partial charge on any atom is 0.270 e. The van der Waals surface area contributed by atoms with Crippen molar-refractivity contribution in [2.45, 2.75) is 13.0 Å². The van der Waals surface area contributed by atoms with E-state index in [1.54, 1.807) is 6.07 Å². The molecule has 5 nitrogen and oxygen atoms in total. The molecule has 28 heavy (non-hydrogen) atoms. The summed E-state index contributed by atoms with van der Waals surface area (Å²) in [5.41, 5.74) is 2.44. The van der Waals surface area contributed by atoms with Crippen LogP contribution in [0, 0.1) is 0 Å². The van der Waals surface area contributed by atoms with E-state index in [4.69, 9.17) is 0 Å². The molecule has 1 fully saturated rings. The molecule has 0 spiro atoms. The lowest BCUT2D eigenvalue weighted by Crippen LogP contribution is -2.37. The van der Waals surface area contributed by atoms with Gasteiger partial charge in [0.15, 0.2) is 5.43 Å². The summed E-state index contributed by atoms with van der Waals surface area (Å²) in [5, 5.41) is 0.645. The van der Waals surface area contributed by atoms with Crippen LogP contribution in [-0.2, 0) is 13.6 Å². The lowest BCUT2D eigenvalue weighted by Gasteiger charge is -2.23. The predicted molar refractivity (Wildman–Crippen MR) is 111 cm³/mol. The van der Waals surface area contributed by atoms with Crippen molar-refractivity contribution in [2.24, 2.45) is 7.05 Å². The number of rotatable bonds is 3. The second-order valence-electron chi connectivity index (χ2n) is 7.38. The van der Waals surface area contributed by atoms with Gasteiger partial charge < -0.3 is 9.47 Å². The minimum absolute atomic E-state index is 0.0630. The van der Waals surface area contributed by atoms with Crippen LogP contribution in [0.5, 0.6) is 0 Å². The molecule has 1 saturated heterocycles. The Bertz CT molecular complexity index is 1040. The van der Waals surface area contributed by atoms with Crippen LogP contribution in [0.1, 0.15) is 22.5 Å². The zero-order valence-electron chi connectivity index (χ0n) is 16.2. The highest BCUT2D eigenvalue weighted by Crippen LogP contribution is 2.15. The van der Waals surface area contributed by atoms with E-state index in [-0.39, 0.29) is 11.3 Å². The number of pyridine rings is 1. The van der Waals surface area contributed by atoms with Crippen LogP contribution in [-0.4, -0.2) is 46.5 Å². The van der Waals surface area contributed by atoms with Gasteiger partial charge in [-0.05, 0) is 24.1 Å². The molecule has 0 aliphatic carbocycles. The number of nitrogens with zero attached hydrogens (tertiary/aromatic N) is 3.